The van der Waals surface area contributed by atoms with Crippen LogP contribution in [0.1, 0.15) is 42.4 Å². The molecule has 3 rings (SSSR count). The zero-order chi connectivity index (χ0) is 22.4. The number of carboxylic acid groups (broad SMARTS) is 2. The molecule has 0 aromatic heterocycles. The van der Waals surface area contributed by atoms with Crippen molar-refractivity contribution in [2.45, 2.75) is 37.4 Å². The minimum Gasteiger partial charge on any atom is -0.546 e. The summed E-state index contributed by atoms with van der Waals surface area (Å²) in [4.78, 5) is 21.6. The number of hydrogen-bond acceptors (Lipinski definition) is 7. The topological polar surface area (TPSA) is 122 Å². The Morgan fingerprint density at radius 2 is 1.81 bits per heavy atom. The van der Waals surface area contributed by atoms with E-state index in [9.17, 15) is 24.9 Å². The lowest BCUT2D eigenvalue weighted by atomic mass is 9.96. The van der Waals surface area contributed by atoms with Crippen LogP contribution in [0.2, 0.25) is 5.02 Å². The van der Waals surface area contributed by atoms with Gasteiger partial charge < -0.3 is 35.0 Å². The molecular formula is C23H25Cl2NO6-2. The van der Waals surface area contributed by atoms with E-state index in [1.54, 1.807) is 24.3 Å². The Bertz CT molecular complexity index is 894. The van der Waals surface area contributed by atoms with Gasteiger partial charge in [-0.2, -0.15) is 0 Å². The van der Waals surface area contributed by atoms with Crippen molar-refractivity contribution in [1.29, 1.82) is 0 Å². The third-order valence-electron chi connectivity index (χ3n) is 5.58. The molecule has 0 saturated heterocycles. The molecule has 3 unspecified atom stereocenters. The predicted molar refractivity (Wildman–Crippen MR) is 117 cm³/mol. The third-order valence-corrected chi connectivity index (χ3v) is 5.81. The fraction of sp³-hybridized carbons (Fsp3) is 0.391. The van der Waals surface area contributed by atoms with Gasteiger partial charge in [-0.25, -0.2) is 0 Å². The van der Waals surface area contributed by atoms with Crippen molar-refractivity contribution in [2.24, 2.45) is 5.92 Å². The second kappa shape index (κ2) is 12.1. The highest BCUT2D eigenvalue weighted by Crippen LogP contribution is 2.38. The van der Waals surface area contributed by atoms with E-state index in [0.717, 1.165) is 36.9 Å². The Labute approximate surface area is 197 Å². The number of aliphatic hydroxyl groups is 1. The summed E-state index contributed by atoms with van der Waals surface area (Å²) in [5.74, 6) is -2.73. The summed E-state index contributed by atoms with van der Waals surface area (Å²) in [5, 5.41) is 35.8. The lowest BCUT2D eigenvalue weighted by Gasteiger charge is -2.21. The van der Waals surface area contributed by atoms with E-state index < -0.39 is 24.1 Å². The SMILES string of the molecule is Cl.O=C([O-])C(Oc1ccc(C2CCC(CNCC(O)c3cccc(Cl)c3)C2)cc1)C(=O)[O-]. The van der Waals surface area contributed by atoms with Crippen molar-refractivity contribution in [3.63, 3.8) is 0 Å². The van der Waals surface area contributed by atoms with E-state index in [2.05, 4.69) is 5.32 Å². The van der Waals surface area contributed by atoms with Gasteiger partial charge in [0.15, 0.2) is 6.10 Å². The van der Waals surface area contributed by atoms with Gasteiger partial charge >= 0.3 is 0 Å². The van der Waals surface area contributed by atoms with E-state index in [0.29, 0.717) is 23.4 Å². The molecule has 174 valence electrons. The van der Waals surface area contributed by atoms with Crippen LogP contribution in [0.15, 0.2) is 48.5 Å². The molecule has 1 saturated carbocycles. The average molecular weight is 482 g/mol. The first kappa shape index (κ1) is 25.9. The number of nitrogens with one attached hydrogen (secondary N) is 1. The zero-order valence-corrected chi connectivity index (χ0v) is 18.8. The molecule has 2 aromatic rings. The number of benzene rings is 2. The van der Waals surface area contributed by atoms with Gasteiger partial charge in [0.1, 0.15) is 5.75 Å². The number of carbonyl (C=O) groups excluding carboxylic acids is 2. The first-order valence-corrected chi connectivity index (χ1v) is 10.5. The quantitative estimate of drug-likeness (QED) is 0.489. The van der Waals surface area contributed by atoms with Gasteiger partial charge in [0.2, 0.25) is 0 Å². The van der Waals surface area contributed by atoms with Crippen LogP contribution in [0.25, 0.3) is 0 Å². The lowest BCUT2D eigenvalue weighted by molar-refractivity contribution is -0.334. The number of carbonyl (C=O) groups is 2. The maximum atomic E-state index is 10.8. The number of carboxylic acids is 2. The summed E-state index contributed by atoms with van der Waals surface area (Å²) in [5.41, 5.74) is 1.87. The van der Waals surface area contributed by atoms with Crippen molar-refractivity contribution >= 4 is 35.9 Å². The van der Waals surface area contributed by atoms with E-state index >= 15 is 0 Å². The second-order valence-corrected chi connectivity index (χ2v) is 8.25. The van der Waals surface area contributed by atoms with Crippen LogP contribution in [0.4, 0.5) is 0 Å². The van der Waals surface area contributed by atoms with Gasteiger partial charge in [-0.15, -0.1) is 12.4 Å². The number of aliphatic carboxylic acids is 2. The highest BCUT2D eigenvalue weighted by Gasteiger charge is 2.26. The fourth-order valence-electron chi connectivity index (χ4n) is 3.97. The normalized spacial score (nSPS) is 18.7. The van der Waals surface area contributed by atoms with E-state index in [1.807, 2.05) is 24.3 Å². The van der Waals surface area contributed by atoms with Crippen LogP contribution >= 0.6 is 24.0 Å². The van der Waals surface area contributed by atoms with Gasteiger partial charge in [0.25, 0.3) is 0 Å². The molecule has 2 aromatic carbocycles. The summed E-state index contributed by atoms with van der Waals surface area (Å²) in [6, 6.07) is 13.9. The molecular weight excluding hydrogens is 457 g/mol. The number of hydrogen-bond donors (Lipinski definition) is 2. The lowest BCUT2D eigenvalue weighted by Crippen LogP contribution is -2.51. The van der Waals surface area contributed by atoms with Gasteiger partial charge in [0, 0.05) is 11.6 Å². The molecule has 2 N–H and O–H groups in total. The molecule has 0 radical (unpaired) electrons. The zero-order valence-electron chi connectivity index (χ0n) is 17.2. The summed E-state index contributed by atoms with van der Waals surface area (Å²) < 4.78 is 4.93. The molecule has 32 heavy (non-hydrogen) atoms. The molecule has 7 nitrogen and oxygen atoms in total. The highest BCUT2D eigenvalue weighted by molar-refractivity contribution is 6.30. The Hall–Kier alpha value is -2.32. The van der Waals surface area contributed by atoms with Gasteiger partial charge in [-0.1, -0.05) is 35.9 Å². The molecule has 0 aliphatic heterocycles. The number of halogens is 2. The number of ether oxygens (including phenoxy) is 1. The molecule has 9 heteroatoms. The molecule has 0 spiro atoms. The van der Waals surface area contributed by atoms with E-state index in [1.165, 1.54) is 0 Å². The van der Waals surface area contributed by atoms with Crippen molar-refractivity contribution < 1.29 is 29.6 Å². The van der Waals surface area contributed by atoms with E-state index in [-0.39, 0.29) is 18.2 Å². The molecule has 0 amide bonds. The van der Waals surface area contributed by atoms with Crippen LogP contribution in [-0.4, -0.2) is 36.2 Å². The van der Waals surface area contributed by atoms with Crippen LogP contribution in [0.3, 0.4) is 0 Å². The summed E-state index contributed by atoms with van der Waals surface area (Å²) in [6.07, 6.45) is 0.302. The number of aliphatic hydroxyl groups excluding tert-OH is 1. The molecule has 0 bridgehead atoms. The van der Waals surface area contributed by atoms with Crippen molar-refractivity contribution in [1.82, 2.24) is 5.32 Å². The minimum atomic E-state index is -2.14. The third kappa shape index (κ3) is 7.10. The highest BCUT2D eigenvalue weighted by atomic mass is 35.5. The molecule has 1 aliphatic carbocycles. The van der Waals surface area contributed by atoms with E-state index in [4.69, 9.17) is 16.3 Å². The maximum absolute atomic E-state index is 10.8. The van der Waals surface area contributed by atoms with Gasteiger partial charge in [-0.05, 0) is 73.0 Å². The number of rotatable bonds is 10. The standard InChI is InChI=1S/C23H26ClNO6.ClH/c24-18-3-1-2-17(11-18)20(26)13-25-12-14-4-5-16(10-14)15-6-8-19(9-7-15)31-21(22(27)28)23(29)30;/h1-3,6-9,11,14,16,20-21,25-26H,4-5,10,12-13H2,(H,27,28)(H,29,30);1H/p-2. The van der Waals surface area contributed by atoms with Crippen molar-refractivity contribution in [3.8, 4) is 5.75 Å². The van der Waals surface area contributed by atoms with Crippen LogP contribution in [0.5, 0.6) is 5.75 Å². The Morgan fingerprint density at radius 3 is 2.44 bits per heavy atom. The molecule has 0 heterocycles. The van der Waals surface area contributed by atoms with Crippen LogP contribution < -0.4 is 20.3 Å². The predicted octanol–water partition coefficient (Wildman–Crippen LogP) is 1.22. The molecule has 1 fully saturated rings. The molecule has 3 atom stereocenters. The second-order valence-electron chi connectivity index (χ2n) is 7.81. The maximum Gasteiger partial charge on any atom is 0.177 e. The Kier molecular flexibility index (Phi) is 9.78. The summed E-state index contributed by atoms with van der Waals surface area (Å²) in [7, 11) is 0. The Morgan fingerprint density at radius 1 is 1.12 bits per heavy atom. The fourth-order valence-corrected chi connectivity index (χ4v) is 4.16. The first-order chi connectivity index (χ1) is 14.8. The smallest absolute Gasteiger partial charge is 0.177 e. The molecule has 1 aliphatic rings. The first-order valence-electron chi connectivity index (χ1n) is 10.2. The van der Waals surface area contributed by atoms with Crippen LogP contribution in [0, 0.1) is 5.92 Å². The average Bonchev–Trinajstić information content (AvgIpc) is 3.21. The summed E-state index contributed by atoms with van der Waals surface area (Å²) in [6.45, 7) is 1.25. The van der Waals surface area contributed by atoms with Gasteiger partial charge in [-0.3, -0.25) is 0 Å². The van der Waals surface area contributed by atoms with Gasteiger partial charge in [0.05, 0.1) is 18.0 Å². The summed E-state index contributed by atoms with van der Waals surface area (Å²) >= 11 is 5.97. The largest absolute Gasteiger partial charge is 0.546 e. The minimum absolute atomic E-state index is 0. The monoisotopic (exact) mass is 481 g/mol. The Balaban J connectivity index is 0.00000363. The van der Waals surface area contributed by atoms with Crippen molar-refractivity contribution in [2.75, 3.05) is 13.1 Å². The van der Waals surface area contributed by atoms with Crippen molar-refractivity contribution in [3.05, 3.63) is 64.7 Å². The van der Waals surface area contributed by atoms with Crippen LogP contribution in [-0.2, 0) is 9.59 Å².